The normalized spacial score (nSPS) is 18.7. The number of benzene rings is 1. The Bertz CT molecular complexity index is 1200. The average molecular weight is 469 g/mol. The molecule has 170 valence electrons. The fourth-order valence-corrected chi connectivity index (χ4v) is 4.32. The van der Waals surface area contributed by atoms with Gasteiger partial charge in [0.25, 0.3) is 0 Å². The Hall–Kier alpha value is -3.63. The number of aliphatic hydroxyl groups excluding tert-OH is 1. The van der Waals surface area contributed by atoms with Crippen LogP contribution in [0.25, 0.3) is 11.3 Å². The largest absolute Gasteiger partial charge is 0.481 e. The highest BCUT2D eigenvalue weighted by molar-refractivity contribution is 6.30. The number of anilines is 3. The van der Waals surface area contributed by atoms with Crippen LogP contribution in [0.3, 0.4) is 0 Å². The number of amides is 2. The summed E-state index contributed by atoms with van der Waals surface area (Å²) in [6.07, 6.45) is -0.728. The lowest BCUT2D eigenvalue weighted by atomic mass is 10.1. The summed E-state index contributed by atoms with van der Waals surface area (Å²) in [5.41, 5.74) is 2.25. The number of ether oxygens (including phenoxy) is 2. The van der Waals surface area contributed by atoms with E-state index in [0.29, 0.717) is 29.6 Å². The first kappa shape index (κ1) is 21.2. The molecule has 0 aliphatic carbocycles. The van der Waals surface area contributed by atoms with Crippen molar-refractivity contribution in [1.82, 2.24) is 15.0 Å². The molecule has 2 bridgehead atoms. The van der Waals surface area contributed by atoms with E-state index >= 15 is 0 Å². The van der Waals surface area contributed by atoms with E-state index in [0.717, 1.165) is 11.3 Å². The van der Waals surface area contributed by atoms with E-state index in [2.05, 4.69) is 15.3 Å². The third kappa shape index (κ3) is 3.87. The smallest absolute Gasteiger partial charge is 0.329 e. The molecular weight excluding hydrogens is 448 g/mol. The van der Waals surface area contributed by atoms with Crippen molar-refractivity contribution in [1.29, 1.82) is 0 Å². The molecule has 11 heteroatoms. The van der Waals surface area contributed by atoms with Crippen LogP contribution in [0.1, 0.15) is 0 Å². The highest BCUT2D eigenvalue weighted by Gasteiger charge is 2.45. The molecule has 1 saturated heterocycles. The number of hydrogen-bond donors (Lipinski definition) is 2. The van der Waals surface area contributed by atoms with Gasteiger partial charge in [-0.25, -0.2) is 9.78 Å². The van der Waals surface area contributed by atoms with Crippen LogP contribution in [0, 0.1) is 0 Å². The van der Waals surface area contributed by atoms with Crippen molar-refractivity contribution in [2.24, 2.45) is 0 Å². The van der Waals surface area contributed by atoms with E-state index in [9.17, 15) is 9.90 Å². The number of carbonyl (C=O) groups excluding carboxylic acids is 1. The second kappa shape index (κ2) is 8.38. The molecule has 2 aliphatic heterocycles. The lowest BCUT2D eigenvalue weighted by Gasteiger charge is -2.36. The van der Waals surface area contributed by atoms with Gasteiger partial charge in [0.1, 0.15) is 5.82 Å². The van der Waals surface area contributed by atoms with Crippen molar-refractivity contribution in [3.05, 3.63) is 47.5 Å². The maximum Gasteiger partial charge on any atom is 0.329 e. The number of carbonyl (C=O) groups is 1. The van der Waals surface area contributed by atoms with Crippen LogP contribution in [-0.4, -0.2) is 65.5 Å². The molecule has 0 radical (unpaired) electrons. The molecule has 10 nitrogen and oxygen atoms in total. The molecule has 1 aromatic carbocycles. The lowest BCUT2D eigenvalue weighted by Crippen LogP contribution is -2.51. The molecule has 0 saturated carbocycles. The van der Waals surface area contributed by atoms with Crippen LogP contribution >= 0.6 is 11.6 Å². The van der Waals surface area contributed by atoms with Crippen LogP contribution in [0.5, 0.6) is 11.9 Å². The molecule has 2 atom stereocenters. The average Bonchev–Trinajstić information content (AvgIpc) is 3.14. The SMILES string of the molecule is COc1cc(NC(=O)N2c3nc(-c4cccc(Cl)c4)ccc3N3C[C@@H](O)[C@H]2C3)nc(OC)n1. The number of pyridine rings is 1. The molecule has 4 heterocycles. The predicted octanol–water partition coefficient (Wildman–Crippen LogP) is 2.81. The summed E-state index contributed by atoms with van der Waals surface area (Å²) < 4.78 is 10.2. The van der Waals surface area contributed by atoms with Crippen LogP contribution in [-0.2, 0) is 0 Å². The summed E-state index contributed by atoms with van der Waals surface area (Å²) in [5.74, 6) is 0.890. The highest BCUT2D eigenvalue weighted by atomic mass is 35.5. The van der Waals surface area contributed by atoms with Gasteiger partial charge in [0, 0.05) is 29.7 Å². The Morgan fingerprint density at radius 2 is 1.97 bits per heavy atom. The second-order valence-electron chi connectivity index (χ2n) is 7.67. The summed E-state index contributed by atoms with van der Waals surface area (Å²) in [6, 6.07) is 11.7. The van der Waals surface area contributed by atoms with E-state index in [1.807, 2.05) is 35.2 Å². The summed E-state index contributed by atoms with van der Waals surface area (Å²) in [4.78, 5) is 29.9. The summed E-state index contributed by atoms with van der Waals surface area (Å²) in [5, 5.41) is 14.0. The van der Waals surface area contributed by atoms with E-state index in [-0.39, 0.29) is 17.7 Å². The first-order valence-corrected chi connectivity index (χ1v) is 10.6. The van der Waals surface area contributed by atoms with Gasteiger partial charge >= 0.3 is 12.0 Å². The molecule has 2 aromatic heterocycles. The van der Waals surface area contributed by atoms with Crippen LogP contribution in [0.2, 0.25) is 5.02 Å². The Morgan fingerprint density at radius 3 is 2.73 bits per heavy atom. The van der Waals surface area contributed by atoms with E-state index < -0.39 is 18.2 Å². The van der Waals surface area contributed by atoms with Gasteiger partial charge in [-0.2, -0.15) is 9.97 Å². The zero-order valence-electron chi connectivity index (χ0n) is 17.9. The zero-order valence-corrected chi connectivity index (χ0v) is 18.7. The number of hydrogen-bond acceptors (Lipinski definition) is 8. The molecule has 3 aromatic rings. The van der Waals surface area contributed by atoms with Gasteiger partial charge in [-0.1, -0.05) is 23.7 Å². The summed E-state index contributed by atoms with van der Waals surface area (Å²) >= 11 is 6.16. The maximum atomic E-state index is 13.4. The Kier molecular flexibility index (Phi) is 5.39. The Labute approximate surface area is 194 Å². The molecule has 2 aliphatic rings. The van der Waals surface area contributed by atoms with Crippen molar-refractivity contribution in [2.75, 3.05) is 42.4 Å². The number of rotatable bonds is 4. The third-order valence-corrected chi connectivity index (χ3v) is 5.90. The van der Waals surface area contributed by atoms with Crippen molar-refractivity contribution in [3.63, 3.8) is 0 Å². The third-order valence-electron chi connectivity index (χ3n) is 5.66. The zero-order chi connectivity index (χ0) is 23.1. The summed E-state index contributed by atoms with van der Waals surface area (Å²) in [7, 11) is 2.88. The van der Waals surface area contributed by atoms with Gasteiger partial charge in [-0.05, 0) is 24.3 Å². The molecule has 2 N–H and O–H groups in total. The number of aromatic nitrogens is 3. The lowest BCUT2D eigenvalue weighted by molar-refractivity contribution is 0.176. The predicted molar refractivity (Wildman–Crippen MR) is 123 cm³/mol. The van der Waals surface area contributed by atoms with Gasteiger partial charge in [0.15, 0.2) is 5.82 Å². The number of halogens is 1. The molecule has 0 spiro atoms. The molecular formula is C22H21ClN6O4. The topological polar surface area (TPSA) is 113 Å². The fraction of sp³-hybridized carbons (Fsp3) is 0.273. The fourth-order valence-electron chi connectivity index (χ4n) is 4.13. The number of methoxy groups -OCH3 is 2. The maximum absolute atomic E-state index is 13.4. The van der Waals surface area contributed by atoms with Gasteiger partial charge in [-0.3, -0.25) is 10.2 Å². The minimum Gasteiger partial charge on any atom is -0.481 e. The highest BCUT2D eigenvalue weighted by Crippen LogP contribution is 2.40. The van der Waals surface area contributed by atoms with Crippen molar-refractivity contribution in [2.45, 2.75) is 12.1 Å². The van der Waals surface area contributed by atoms with Crippen molar-refractivity contribution < 1.29 is 19.4 Å². The summed E-state index contributed by atoms with van der Waals surface area (Å²) in [6.45, 7) is 0.908. The van der Waals surface area contributed by atoms with Gasteiger partial charge in [0.05, 0.1) is 37.7 Å². The number of nitrogens with zero attached hydrogens (tertiary/aromatic N) is 5. The van der Waals surface area contributed by atoms with Crippen LogP contribution in [0.4, 0.5) is 22.1 Å². The minimum absolute atomic E-state index is 0.0529. The van der Waals surface area contributed by atoms with E-state index in [1.54, 1.807) is 6.07 Å². The number of nitrogens with one attached hydrogen (secondary N) is 1. The van der Waals surface area contributed by atoms with Crippen LogP contribution in [0.15, 0.2) is 42.5 Å². The Morgan fingerprint density at radius 1 is 1.12 bits per heavy atom. The standard InChI is InChI=1S/C22H21ClN6O4/c1-32-19-9-18(25-21(27-19)33-2)26-22(31)29-16-10-28(11-17(16)30)15-7-6-14(24-20(15)29)12-4-3-5-13(23)8-12/h3-9,16-17,30H,10-11H2,1-2H3,(H,25,26,27,31)/t16-,17-/m1/s1. The van der Waals surface area contributed by atoms with Crippen molar-refractivity contribution in [3.8, 4) is 23.1 Å². The molecule has 1 fully saturated rings. The van der Waals surface area contributed by atoms with Gasteiger partial charge in [-0.15, -0.1) is 0 Å². The second-order valence-corrected chi connectivity index (χ2v) is 8.11. The first-order valence-electron chi connectivity index (χ1n) is 10.2. The molecule has 5 rings (SSSR count). The number of urea groups is 1. The molecule has 2 amide bonds. The Balaban J connectivity index is 1.54. The number of aliphatic hydroxyl groups is 1. The monoisotopic (exact) mass is 468 g/mol. The quantitative estimate of drug-likeness (QED) is 0.601. The molecule has 0 unspecified atom stereocenters. The minimum atomic E-state index is -0.728. The van der Waals surface area contributed by atoms with E-state index in [4.69, 9.17) is 26.1 Å². The van der Waals surface area contributed by atoms with E-state index in [1.165, 1.54) is 25.2 Å². The van der Waals surface area contributed by atoms with Gasteiger partial charge in [0.2, 0.25) is 5.88 Å². The van der Waals surface area contributed by atoms with Crippen LogP contribution < -0.4 is 24.6 Å². The molecule has 33 heavy (non-hydrogen) atoms. The van der Waals surface area contributed by atoms with Crippen molar-refractivity contribution >= 4 is 35.0 Å². The first-order chi connectivity index (χ1) is 16.0. The van der Waals surface area contributed by atoms with Gasteiger partial charge < -0.3 is 19.5 Å². The number of fused-ring (bicyclic) bond motifs is 4.